The van der Waals surface area contributed by atoms with Crippen LogP contribution in [-0.4, -0.2) is 36.8 Å². The van der Waals surface area contributed by atoms with Crippen molar-refractivity contribution in [3.8, 4) is 11.4 Å². The van der Waals surface area contributed by atoms with Gasteiger partial charge in [-0.1, -0.05) is 17.7 Å². The molecule has 1 amide bonds. The van der Waals surface area contributed by atoms with Crippen molar-refractivity contribution in [1.82, 2.24) is 19.0 Å². The van der Waals surface area contributed by atoms with E-state index in [-0.39, 0.29) is 12.2 Å². The smallest absolute Gasteiger partial charge is 0.407 e. The topological polar surface area (TPSA) is 89.6 Å². The van der Waals surface area contributed by atoms with Crippen LogP contribution in [0.3, 0.4) is 0 Å². The Morgan fingerprint density at radius 3 is 2.79 bits per heavy atom. The van der Waals surface area contributed by atoms with Crippen molar-refractivity contribution in [2.75, 3.05) is 6.54 Å². The normalized spacial score (nSPS) is 13.5. The Hall–Kier alpha value is -3.78. The summed E-state index contributed by atoms with van der Waals surface area (Å²) in [6, 6.07) is 12.5. The van der Waals surface area contributed by atoms with E-state index in [1.165, 1.54) is 11.0 Å². The van der Waals surface area contributed by atoms with Crippen LogP contribution in [-0.2, 0) is 26.6 Å². The summed E-state index contributed by atoms with van der Waals surface area (Å²) in [5.41, 5.74) is 4.38. The first-order chi connectivity index (χ1) is 16.4. The van der Waals surface area contributed by atoms with E-state index >= 15 is 0 Å². The van der Waals surface area contributed by atoms with Gasteiger partial charge in [-0.2, -0.15) is 0 Å². The first kappa shape index (κ1) is 22.0. The Balaban J connectivity index is 1.43. The molecule has 1 aliphatic heterocycles. The maximum absolute atomic E-state index is 12.8. The molecule has 0 atom stereocenters. The number of amides is 1. The van der Waals surface area contributed by atoms with Gasteiger partial charge < -0.3 is 19.3 Å². The molecule has 0 radical (unpaired) electrons. The summed E-state index contributed by atoms with van der Waals surface area (Å²) in [6.45, 7) is 1.13. The van der Waals surface area contributed by atoms with E-state index in [4.69, 9.17) is 16.3 Å². The summed E-state index contributed by atoms with van der Waals surface area (Å²) in [5.74, 6) is 0.457. The van der Waals surface area contributed by atoms with E-state index < -0.39 is 6.09 Å². The van der Waals surface area contributed by atoms with Gasteiger partial charge in [0, 0.05) is 48.7 Å². The van der Waals surface area contributed by atoms with Crippen LogP contribution in [0.15, 0.2) is 59.7 Å². The fourth-order valence-corrected chi connectivity index (χ4v) is 4.60. The third-order valence-electron chi connectivity index (χ3n) is 6.23. The highest BCUT2D eigenvalue weighted by atomic mass is 35.5. The fourth-order valence-electron chi connectivity index (χ4n) is 4.48. The molecule has 9 heteroatoms. The van der Waals surface area contributed by atoms with E-state index in [1.807, 2.05) is 25.2 Å². The highest BCUT2D eigenvalue weighted by Gasteiger charge is 2.23. The van der Waals surface area contributed by atoms with Crippen LogP contribution in [0.2, 0.25) is 5.02 Å². The minimum atomic E-state index is -0.901. The van der Waals surface area contributed by atoms with Gasteiger partial charge in [-0.05, 0) is 43.2 Å². The number of rotatable bonds is 4. The van der Waals surface area contributed by atoms with Crippen molar-refractivity contribution in [2.45, 2.75) is 26.0 Å². The summed E-state index contributed by atoms with van der Waals surface area (Å²) in [7, 11) is 1.99. The number of pyridine rings is 2. The van der Waals surface area contributed by atoms with Crippen LogP contribution in [0.25, 0.3) is 16.6 Å². The molecule has 1 aliphatic rings. The maximum Gasteiger partial charge on any atom is 0.407 e. The molecule has 5 rings (SSSR count). The Morgan fingerprint density at radius 2 is 2.06 bits per heavy atom. The molecule has 1 N–H and O–H groups in total. The second-order valence-corrected chi connectivity index (χ2v) is 8.76. The van der Waals surface area contributed by atoms with Crippen molar-refractivity contribution >= 4 is 28.6 Å². The third-order valence-corrected chi connectivity index (χ3v) is 6.45. The molecule has 0 spiro atoms. The number of fused-ring (bicyclic) bond motifs is 3. The number of halogens is 1. The zero-order valence-corrected chi connectivity index (χ0v) is 19.3. The average molecular weight is 479 g/mol. The van der Waals surface area contributed by atoms with Crippen LogP contribution in [0.1, 0.15) is 23.4 Å². The molecule has 4 aromatic rings. The zero-order chi connectivity index (χ0) is 23.8. The minimum absolute atomic E-state index is 0.214. The summed E-state index contributed by atoms with van der Waals surface area (Å²) >= 11 is 5.85. The van der Waals surface area contributed by atoms with Gasteiger partial charge in [-0.15, -0.1) is 0 Å². The number of aryl methyl sites for hydroxylation is 1. The lowest BCUT2D eigenvalue weighted by Gasteiger charge is -2.16. The van der Waals surface area contributed by atoms with Crippen molar-refractivity contribution in [1.29, 1.82) is 0 Å². The number of carboxylic acid groups (broad SMARTS) is 1. The first-order valence-electron chi connectivity index (χ1n) is 10.9. The molecular weight excluding hydrogens is 456 g/mol. The number of nitrogens with zero attached hydrogens (tertiary/aromatic N) is 4. The molecule has 0 aliphatic carbocycles. The summed E-state index contributed by atoms with van der Waals surface area (Å²) in [5, 5.41) is 11.1. The molecule has 34 heavy (non-hydrogen) atoms. The van der Waals surface area contributed by atoms with Crippen LogP contribution < -0.4 is 10.3 Å². The van der Waals surface area contributed by atoms with Gasteiger partial charge in [0.25, 0.3) is 5.56 Å². The van der Waals surface area contributed by atoms with Gasteiger partial charge in [0.1, 0.15) is 12.4 Å². The maximum atomic E-state index is 12.8. The summed E-state index contributed by atoms with van der Waals surface area (Å²) in [4.78, 5) is 30.1. The Kier molecular flexibility index (Phi) is 5.75. The average Bonchev–Trinajstić information content (AvgIpc) is 2.97. The molecule has 4 heterocycles. The number of ether oxygens (including phenoxy) is 1. The van der Waals surface area contributed by atoms with Crippen molar-refractivity contribution in [2.24, 2.45) is 7.05 Å². The molecule has 174 valence electrons. The largest absolute Gasteiger partial charge is 0.487 e. The molecule has 0 saturated carbocycles. The molecule has 3 aromatic heterocycles. The minimum Gasteiger partial charge on any atom is -0.487 e. The van der Waals surface area contributed by atoms with Crippen LogP contribution in [0.4, 0.5) is 4.79 Å². The number of benzene rings is 1. The van der Waals surface area contributed by atoms with Gasteiger partial charge in [-0.25, -0.2) is 4.79 Å². The third kappa shape index (κ3) is 4.12. The Labute approximate surface area is 200 Å². The van der Waals surface area contributed by atoms with Crippen LogP contribution in [0.5, 0.6) is 5.75 Å². The zero-order valence-electron chi connectivity index (χ0n) is 18.6. The highest BCUT2D eigenvalue weighted by molar-refractivity contribution is 6.30. The fraction of sp³-hybridized carbons (Fsp3) is 0.240. The molecule has 8 nitrogen and oxygen atoms in total. The molecule has 1 aromatic carbocycles. The lowest BCUT2D eigenvalue weighted by Crippen LogP contribution is -2.28. The molecular formula is C25H23ClN4O4. The van der Waals surface area contributed by atoms with Gasteiger partial charge >= 0.3 is 6.09 Å². The lowest BCUT2D eigenvalue weighted by atomic mass is 10.1. The predicted molar refractivity (Wildman–Crippen MR) is 129 cm³/mol. The number of hydrogen-bond acceptors (Lipinski definition) is 4. The number of hydrogen-bond donors (Lipinski definition) is 1. The van der Waals surface area contributed by atoms with E-state index in [2.05, 4.69) is 9.55 Å². The molecule has 0 saturated heterocycles. The summed E-state index contributed by atoms with van der Waals surface area (Å²) in [6.07, 6.45) is 3.93. The van der Waals surface area contributed by atoms with Gasteiger partial charge in [0.2, 0.25) is 0 Å². The molecule has 0 fully saturated rings. The van der Waals surface area contributed by atoms with Crippen LogP contribution in [0, 0.1) is 0 Å². The van der Waals surface area contributed by atoms with Gasteiger partial charge in [0.05, 0.1) is 28.5 Å². The van der Waals surface area contributed by atoms with Gasteiger partial charge in [-0.3, -0.25) is 14.3 Å². The second kappa shape index (κ2) is 8.87. The standard InChI is InChI=1S/C25H23ClN4O4/c1-28-22-3-2-9-29(25(32)33)14-21(22)20-7-6-18(11-23(20)28)30-10-8-19(12-24(30)31)34-15-17-5-4-16(26)13-27-17/h4-8,10-13H,2-3,9,14-15H2,1H3,(H,32,33). The monoisotopic (exact) mass is 478 g/mol. The van der Waals surface area contributed by atoms with Crippen molar-refractivity contribution in [3.63, 3.8) is 0 Å². The van der Waals surface area contributed by atoms with E-state index in [9.17, 15) is 14.7 Å². The number of aromatic nitrogens is 3. The first-order valence-corrected chi connectivity index (χ1v) is 11.3. The molecule has 0 unspecified atom stereocenters. The van der Waals surface area contributed by atoms with Crippen molar-refractivity contribution < 1.29 is 14.6 Å². The predicted octanol–water partition coefficient (Wildman–Crippen LogP) is 4.38. The Morgan fingerprint density at radius 1 is 1.21 bits per heavy atom. The quantitative estimate of drug-likeness (QED) is 0.470. The van der Waals surface area contributed by atoms with E-state index in [0.717, 1.165) is 40.7 Å². The SMILES string of the molecule is Cn1c2c(c3ccc(-n4ccc(OCc5ccc(Cl)cn5)cc4=O)cc31)CN(C(=O)O)CCC2. The Bertz CT molecular complexity index is 1440. The van der Waals surface area contributed by atoms with E-state index in [1.54, 1.807) is 35.2 Å². The number of carbonyl (C=O) groups is 1. The van der Waals surface area contributed by atoms with E-state index in [0.29, 0.717) is 29.6 Å². The summed E-state index contributed by atoms with van der Waals surface area (Å²) < 4.78 is 9.39. The van der Waals surface area contributed by atoms with Gasteiger partial charge in [0.15, 0.2) is 0 Å². The van der Waals surface area contributed by atoms with Crippen LogP contribution >= 0.6 is 11.6 Å². The molecule has 0 bridgehead atoms. The highest BCUT2D eigenvalue weighted by Crippen LogP contribution is 2.31. The second-order valence-electron chi connectivity index (χ2n) is 8.32. The lowest BCUT2D eigenvalue weighted by molar-refractivity contribution is 0.143. The van der Waals surface area contributed by atoms with Crippen molar-refractivity contribution in [3.05, 3.63) is 87.2 Å².